The van der Waals surface area contributed by atoms with Crippen molar-refractivity contribution in [1.29, 1.82) is 0 Å². The van der Waals surface area contributed by atoms with Crippen molar-refractivity contribution in [2.75, 3.05) is 5.32 Å². The molecule has 3 N–H and O–H groups in total. The molecule has 0 saturated carbocycles. The normalized spacial score (nSPS) is 11.2. The monoisotopic (exact) mass is 218 g/mol. The first-order chi connectivity index (χ1) is 6.95. The zero-order chi connectivity index (χ0) is 11.5. The fourth-order valence-electron chi connectivity index (χ4n) is 1.01. The Hall–Kier alpha value is -1.56. The lowest BCUT2D eigenvalue weighted by Crippen LogP contribution is -2.30. The number of hydrogen-bond donors (Lipinski definition) is 2. The summed E-state index contributed by atoms with van der Waals surface area (Å²) < 4.78 is 35.8. The van der Waals surface area contributed by atoms with Gasteiger partial charge in [0, 0.05) is 12.2 Å². The standard InChI is InChI=1S/C9H9F3N2O/c10-9(11,12)8(15)14-7-4-2-1-3-6(7)5-13/h1-4H,5,13H2,(H,14,15). The first-order valence-electron chi connectivity index (χ1n) is 4.11. The van der Waals surface area contributed by atoms with E-state index >= 15 is 0 Å². The summed E-state index contributed by atoms with van der Waals surface area (Å²) in [5.74, 6) is -2.00. The number of amides is 1. The van der Waals surface area contributed by atoms with Gasteiger partial charge in [-0.2, -0.15) is 13.2 Å². The van der Waals surface area contributed by atoms with Gasteiger partial charge >= 0.3 is 12.1 Å². The van der Waals surface area contributed by atoms with E-state index in [0.717, 1.165) is 0 Å². The highest BCUT2D eigenvalue weighted by atomic mass is 19.4. The molecule has 1 amide bonds. The summed E-state index contributed by atoms with van der Waals surface area (Å²) in [6.07, 6.45) is -4.89. The summed E-state index contributed by atoms with van der Waals surface area (Å²) in [7, 11) is 0. The van der Waals surface area contributed by atoms with E-state index < -0.39 is 12.1 Å². The Kier molecular flexibility index (Phi) is 3.31. The van der Waals surface area contributed by atoms with Crippen LogP contribution >= 0.6 is 0 Å². The summed E-state index contributed by atoms with van der Waals surface area (Å²) in [6, 6.07) is 6.06. The maximum Gasteiger partial charge on any atom is 0.471 e. The SMILES string of the molecule is NCc1ccccc1NC(=O)C(F)(F)F. The molecule has 0 atom stereocenters. The van der Waals surface area contributed by atoms with E-state index in [9.17, 15) is 18.0 Å². The Morgan fingerprint density at radius 3 is 2.47 bits per heavy atom. The Morgan fingerprint density at radius 1 is 1.33 bits per heavy atom. The fraction of sp³-hybridized carbons (Fsp3) is 0.222. The molecule has 3 nitrogen and oxygen atoms in total. The number of rotatable bonds is 2. The van der Waals surface area contributed by atoms with Gasteiger partial charge in [-0.15, -0.1) is 0 Å². The maximum atomic E-state index is 11.9. The van der Waals surface area contributed by atoms with Crippen molar-refractivity contribution >= 4 is 11.6 Å². The van der Waals surface area contributed by atoms with Gasteiger partial charge in [-0.05, 0) is 11.6 Å². The molecule has 0 aliphatic heterocycles. The number of hydrogen-bond acceptors (Lipinski definition) is 2. The molecule has 0 bridgehead atoms. The second kappa shape index (κ2) is 4.31. The number of benzene rings is 1. The lowest BCUT2D eigenvalue weighted by Gasteiger charge is -2.10. The second-order valence-electron chi connectivity index (χ2n) is 2.81. The summed E-state index contributed by atoms with van der Waals surface area (Å²) in [5.41, 5.74) is 5.84. The number of alkyl halides is 3. The van der Waals surface area contributed by atoms with Gasteiger partial charge in [0.05, 0.1) is 0 Å². The quantitative estimate of drug-likeness (QED) is 0.792. The summed E-state index contributed by atoms with van der Waals surface area (Å²) >= 11 is 0. The molecule has 15 heavy (non-hydrogen) atoms. The molecule has 0 fully saturated rings. The second-order valence-corrected chi connectivity index (χ2v) is 2.81. The van der Waals surface area contributed by atoms with E-state index in [1.165, 1.54) is 12.1 Å². The van der Waals surface area contributed by atoms with Crippen molar-refractivity contribution in [1.82, 2.24) is 0 Å². The van der Waals surface area contributed by atoms with Gasteiger partial charge in [0.1, 0.15) is 0 Å². The minimum atomic E-state index is -4.89. The zero-order valence-electron chi connectivity index (χ0n) is 7.64. The topological polar surface area (TPSA) is 55.1 Å². The molecule has 0 aromatic heterocycles. The minimum absolute atomic E-state index is 0.0638. The highest BCUT2D eigenvalue weighted by Gasteiger charge is 2.38. The van der Waals surface area contributed by atoms with Crippen LogP contribution in [0.2, 0.25) is 0 Å². The van der Waals surface area contributed by atoms with Crippen LogP contribution in [-0.4, -0.2) is 12.1 Å². The van der Waals surface area contributed by atoms with Gasteiger partial charge in [-0.25, -0.2) is 0 Å². The smallest absolute Gasteiger partial charge is 0.326 e. The van der Waals surface area contributed by atoms with Crippen molar-refractivity contribution in [2.24, 2.45) is 5.73 Å². The molecular formula is C9H9F3N2O. The molecule has 0 spiro atoms. The van der Waals surface area contributed by atoms with Crippen molar-refractivity contribution in [3.63, 3.8) is 0 Å². The third-order valence-electron chi connectivity index (χ3n) is 1.74. The predicted octanol–water partition coefficient (Wildman–Crippen LogP) is 1.65. The summed E-state index contributed by atoms with van der Waals surface area (Å²) in [6.45, 7) is 0.0638. The van der Waals surface area contributed by atoms with Crippen LogP contribution in [0.4, 0.5) is 18.9 Å². The van der Waals surface area contributed by atoms with E-state index in [-0.39, 0.29) is 12.2 Å². The van der Waals surface area contributed by atoms with Crippen molar-refractivity contribution in [3.8, 4) is 0 Å². The minimum Gasteiger partial charge on any atom is -0.326 e. The zero-order valence-corrected chi connectivity index (χ0v) is 7.64. The van der Waals surface area contributed by atoms with Crippen molar-refractivity contribution in [2.45, 2.75) is 12.7 Å². The van der Waals surface area contributed by atoms with Gasteiger partial charge in [0.25, 0.3) is 0 Å². The number of nitrogens with one attached hydrogen (secondary N) is 1. The molecule has 1 aromatic rings. The first kappa shape index (κ1) is 11.5. The Bertz CT molecular complexity index is 363. The number of carbonyl (C=O) groups excluding carboxylic acids is 1. The summed E-state index contributed by atoms with van der Waals surface area (Å²) in [5, 5.41) is 1.76. The number of para-hydroxylation sites is 1. The molecule has 82 valence electrons. The fourth-order valence-corrected chi connectivity index (χ4v) is 1.01. The van der Waals surface area contributed by atoms with E-state index in [2.05, 4.69) is 0 Å². The van der Waals surface area contributed by atoms with Crippen LogP contribution in [0.15, 0.2) is 24.3 Å². The van der Waals surface area contributed by atoms with Crippen molar-refractivity contribution in [3.05, 3.63) is 29.8 Å². The average molecular weight is 218 g/mol. The van der Waals surface area contributed by atoms with Crippen LogP contribution in [0.3, 0.4) is 0 Å². The van der Waals surface area contributed by atoms with Crippen LogP contribution in [0, 0.1) is 0 Å². The molecule has 0 saturated heterocycles. The van der Waals surface area contributed by atoms with Crippen LogP contribution in [-0.2, 0) is 11.3 Å². The largest absolute Gasteiger partial charge is 0.471 e. The van der Waals surface area contributed by atoms with Gasteiger partial charge < -0.3 is 11.1 Å². The maximum absolute atomic E-state index is 11.9. The number of carbonyl (C=O) groups is 1. The molecule has 6 heteroatoms. The van der Waals surface area contributed by atoms with Crippen LogP contribution in [0.25, 0.3) is 0 Å². The molecule has 1 rings (SSSR count). The molecular weight excluding hydrogens is 209 g/mol. The Labute approximate surface area is 84.1 Å². The third kappa shape index (κ3) is 2.95. The van der Waals surface area contributed by atoms with Crippen LogP contribution in [0.5, 0.6) is 0 Å². The average Bonchev–Trinajstić information content (AvgIpc) is 2.17. The predicted molar refractivity (Wildman–Crippen MR) is 49.0 cm³/mol. The van der Waals surface area contributed by atoms with Gasteiger partial charge in [0.15, 0.2) is 0 Å². The lowest BCUT2D eigenvalue weighted by atomic mass is 10.2. The molecule has 0 heterocycles. The number of halogens is 3. The number of anilines is 1. The summed E-state index contributed by atoms with van der Waals surface area (Å²) in [4.78, 5) is 10.6. The number of nitrogens with two attached hydrogens (primary N) is 1. The molecule has 1 aromatic carbocycles. The lowest BCUT2D eigenvalue weighted by molar-refractivity contribution is -0.167. The molecule has 0 aliphatic rings. The molecule has 0 aliphatic carbocycles. The van der Waals surface area contributed by atoms with Crippen molar-refractivity contribution < 1.29 is 18.0 Å². The van der Waals surface area contributed by atoms with E-state index in [0.29, 0.717) is 5.56 Å². The van der Waals surface area contributed by atoms with E-state index in [1.54, 1.807) is 17.4 Å². The van der Waals surface area contributed by atoms with Gasteiger partial charge in [-0.3, -0.25) is 4.79 Å². The van der Waals surface area contributed by atoms with Crippen LogP contribution < -0.4 is 11.1 Å². The molecule has 0 unspecified atom stereocenters. The Balaban J connectivity index is 2.85. The van der Waals surface area contributed by atoms with Gasteiger partial charge in [-0.1, -0.05) is 18.2 Å². The highest BCUT2D eigenvalue weighted by molar-refractivity contribution is 5.95. The first-order valence-corrected chi connectivity index (χ1v) is 4.11. The van der Waals surface area contributed by atoms with Crippen LogP contribution in [0.1, 0.15) is 5.56 Å². The van der Waals surface area contributed by atoms with E-state index in [4.69, 9.17) is 5.73 Å². The van der Waals surface area contributed by atoms with E-state index in [1.807, 2.05) is 0 Å². The molecule has 0 radical (unpaired) electrons. The van der Waals surface area contributed by atoms with Gasteiger partial charge in [0.2, 0.25) is 0 Å². The Morgan fingerprint density at radius 2 is 1.93 bits per heavy atom. The third-order valence-corrected chi connectivity index (χ3v) is 1.74. The highest BCUT2D eigenvalue weighted by Crippen LogP contribution is 2.20.